The monoisotopic (exact) mass is 250 g/mol. The molecule has 3 fully saturated rings. The van der Waals surface area contributed by atoms with Crippen LogP contribution in [0.3, 0.4) is 0 Å². The molecule has 1 saturated carbocycles. The lowest BCUT2D eigenvalue weighted by molar-refractivity contribution is 0.0842. The van der Waals surface area contributed by atoms with Gasteiger partial charge in [-0.25, -0.2) is 0 Å². The summed E-state index contributed by atoms with van der Waals surface area (Å²) in [5.41, 5.74) is 0. The minimum atomic E-state index is 0.795. The minimum absolute atomic E-state index is 0.795. The summed E-state index contributed by atoms with van der Waals surface area (Å²) in [6, 6.07) is 2.60. The van der Waals surface area contributed by atoms with Crippen LogP contribution in [0.5, 0.6) is 0 Å². The van der Waals surface area contributed by atoms with E-state index in [1.165, 1.54) is 57.9 Å². The average Bonchev–Trinajstić information content (AvgIpc) is 2.62. The van der Waals surface area contributed by atoms with Crippen LogP contribution < -0.4 is 5.32 Å². The molecule has 1 aliphatic carbocycles. The first-order chi connectivity index (χ1) is 8.76. The number of fused-ring (bicyclic) bond motifs is 2. The zero-order valence-electron chi connectivity index (χ0n) is 12.2. The second kappa shape index (κ2) is 5.50. The Balaban J connectivity index is 1.57. The van der Waals surface area contributed by atoms with Crippen molar-refractivity contribution >= 4 is 0 Å². The summed E-state index contributed by atoms with van der Waals surface area (Å²) in [5.74, 6) is 1.99. The molecule has 4 unspecified atom stereocenters. The molecule has 2 heteroatoms. The molecule has 0 aromatic rings. The van der Waals surface area contributed by atoms with Crippen molar-refractivity contribution in [3.63, 3.8) is 0 Å². The van der Waals surface area contributed by atoms with Crippen molar-refractivity contribution in [1.29, 1.82) is 0 Å². The number of nitrogens with one attached hydrogen (secondary N) is 1. The number of nitrogens with zero attached hydrogens (tertiary/aromatic N) is 1. The molecule has 2 aliphatic heterocycles. The van der Waals surface area contributed by atoms with Crippen LogP contribution in [0.15, 0.2) is 0 Å². The minimum Gasteiger partial charge on any atom is -0.317 e. The van der Waals surface area contributed by atoms with Crippen LogP contribution in [0.1, 0.15) is 58.3 Å². The SMILES string of the molecule is CNC1CC2CCC(C1)N2CC1CCCC(C)C1. The van der Waals surface area contributed by atoms with Crippen molar-refractivity contribution in [1.82, 2.24) is 10.2 Å². The number of hydrogen-bond acceptors (Lipinski definition) is 2. The molecule has 2 saturated heterocycles. The molecular weight excluding hydrogens is 220 g/mol. The Morgan fingerprint density at radius 2 is 1.72 bits per heavy atom. The molecule has 2 nitrogen and oxygen atoms in total. The Bertz CT molecular complexity index is 264. The predicted molar refractivity (Wildman–Crippen MR) is 76.7 cm³/mol. The Kier molecular flexibility index (Phi) is 3.95. The lowest BCUT2D eigenvalue weighted by Gasteiger charge is -2.41. The maximum absolute atomic E-state index is 3.51. The third-order valence-electron chi connectivity index (χ3n) is 5.81. The first-order valence-electron chi connectivity index (χ1n) is 8.19. The lowest BCUT2D eigenvalue weighted by atomic mass is 9.81. The first kappa shape index (κ1) is 12.9. The van der Waals surface area contributed by atoms with Gasteiger partial charge in [0.2, 0.25) is 0 Å². The van der Waals surface area contributed by atoms with Crippen molar-refractivity contribution in [3.8, 4) is 0 Å². The summed E-state index contributed by atoms with van der Waals surface area (Å²) >= 11 is 0. The molecule has 0 radical (unpaired) electrons. The Morgan fingerprint density at radius 1 is 1.00 bits per heavy atom. The molecule has 2 bridgehead atoms. The van der Waals surface area contributed by atoms with E-state index in [0.717, 1.165) is 30.0 Å². The second-order valence-electron chi connectivity index (χ2n) is 7.18. The van der Waals surface area contributed by atoms with Gasteiger partial charge in [-0.1, -0.05) is 19.8 Å². The molecular formula is C16H30N2. The molecule has 18 heavy (non-hydrogen) atoms. The fraction of sp³-hybridized carbons (Fsp3) is 1.00. The normalized spacial score (nSPS) is 45.3. The summed E-state index contributed by atoms with van der Waals surface area (Å²) < 4.78 is 0. The highest BCUT2D eigenvalue weighted by atomic mass is 15.2. The van der Waals surface area contributed by atoms with E-state index in [1.54, 1.807) is 0 Å². The van der Waals surface area contributed by atoms with E-state index in [4.69, 9.17) is 0 Å². The van der Waals surface area contributed by atoms with Crippen LogP contribution in [0, 0.1) is 11.8 Å². The smallest absolute Gasteiger partial charge is 0.0114 e. The van der Waals surface area contributed by atoms with Crippen LogP contribution in [0.2, 0.25) is 0 Å². The van der Waals surface area contributed by atoms with Gasteiger partial charge < -0.3 is 5.32 Å². The highest BCUT2D eigenvalue weighted by Crippen LogP contribution is 2.38. The van der Waals surface area contributed by atoms with Gasteiger partial charge in [-0.2, -0.15) is 0 Å². The molecule has 0 amide bonds. The van der Waals surface area contributed by atoms with E-state index in [-0.39, 0.29) is 0 Å². The van der Waals surface area contributed by atoms with E-state index in [2.05, 4.69) is 24.2 Å². The molecule has 104 valence electrons. The van der Waals surface area contributed by atoms with Gasteiger partial charge in [0, 0.05) is 24.7 Å². The van der Waals surface area contributed by atoms with Crippen LogP contribution in [0.4, 0.5) is 0 Å². The van der Waals surface area contributed by atoms with E-state index < -0.39 is 0 Å². The molecule has 3 aliphatic rings. The summed E-state index contributed by atoms with van der Waals surface area (Å²) in [7, 11) is 2.14. The third-order valence-corrected chi connectivity index (χ3v) is 5.81. The van der Waals surface area contributed by atoms with Crippen molar-refractivity contribution in [2.24, 2.45) is 11.8 Å². The molecule has 0 aromatic heterocycles. The average molecular weight is 250 g/mol. The fourth-order valence-electron chi connectivity index (χ4n) is 4.83. The van der Waals surface area contributed by atoms with Gasteiger partial charge in [-0.15, -0.1) is 0 Å². The maximum Gasteiger partial charge on any atom is 0.0114 e. The quantitative estimate of drug-likeness (QED) is 0.828. The summed E-state index contributed by atoms with van der Waals surface area (Å²) in [5, 5.41) is 3.51. The molecule has 3 rings (SSSR count). The van der Waals surface area contributed by atoms with E-state index >= 15 is 0 Å². The zero-order chi connectivity index (χ0) is 12.5. The number of piperidine rings is 1. The standard InChI is InChI=1S/C16H30N2/c1-12-4-3-5-13(8-12)11-18-15-6-7-16(18)10-14(9-15)17-2/h12-17H,3-11H2,1-2H3. The third kappa shape index (κ3) is 2.60. The van der Waals surface area contributed by atoms with Crippen molar-refractivity contribution < 1.29 is 0 Å². The van der Waals surface area contributed by atoms with Crippen molar-refractivity contribution in [3.05, 3.63) is 0 Å². The molecule has 0 aromatic carbocycles. The topological polar surface area (TPSA) is 15.3 Å². The summed E-state index contributed by atoms with van der Waals surface area (Å²) in [4.78, 5) is 2.90. The highest BCUT2D eigenvalue weighted by molar-refractivity contribution is 4.97. The van der Waals surface area contributed by atoms with Gasteiger partial charge in [0.15, 0.2) is 0 Å². The van der Waals surface area contributed by atoms with E-state index in [1.807, 2.05) is 0 Å². The number of rotatable bonds is 3. The molecule has 1 N–H and O–H groups in total. The Morgan fingerprint density at radius 3 is 2.33 bits per heavy atom. The largest absolute Gasteiger partial charge is 0.317 e. The predicted octanol–water partition coefficient (Wildman–Crippen LogP) is 3.03. The first-order valence-corrected chi connectivity index (χ1v) is 8.19. The van der Waals surface area contributed by atoms with Gasteiger partial charge >= 0.3 is 0 Å². The van der Waals surface area contributed by atoms with Crippen LogP contribution in [-0.2, 0) is 0 Å². The van der Waals surface area contributed by atoms with E-state index in [0.29, 0.717) is 0 Å². The van der Waals surface area contributed by atoms with Crippen LogP contribution >= 0.6 is 0 Å². The second-order valence-corrected chi connectivity index (χ2v) is 7.18. The van der Waals surface area contributed by atoms with Crippen molar-refractivity contribution in [2.45, 2.75) is 76.4 Å². The van der Waals surface area contributed by atoms with Crippen molar-refractivity contribution in [2.75, 3.05) is 13.6 Å². The maximum atomic E-state index is 3.51. The lowest BCUT2D eigenvalue weighted by Crippen LogP contribution is -2.50. The van der Waals surface area contributed by atoms with Gasteiger partial charge in [0.25, 0.3) is 0 Å². The van der Waals surface area contributed by atoms with Gasteiger partial charge in [0.05, 0.1) is 0 Å². The molecule has 2 heterocycles. The van der Waals surface area contributed by atoms with Gasteiger partial charge in [-0.3, -0.25) is 4.90 Å². The Hall–Kier alpha value is -0.0800. The van der Waals surface area contributed by atoms with Crippen LogP contribution in [-0.4, -0.2) is 36.6 Å². The van der Waals surface area contributed by atoms with E-state index in [9.17, 15) is 0 Å². The van der Waals surface area contributed by atoms with Crippen LogP contribution in [0.25, 0.3) is 0 Å². The Labute approximate surface area is 113 Å². The molecule has 4 atom stereocenters. The molecule has 0 spiro atoms. The number of hydrogen-bond donors (Lipinski definition) is 1. The van der Waals surface area contributed by atoms with Gasteiger partial charge in [0.1, 0.15) is 0 Å². The fourth-order valence-corrected chi connectivity index (χ4v) is 4.83. The van der Waals surface area contributed by atoms with Gasteiger partial charge in [-0.05, 0) is 57.4 Å². The summed E-state index contributed by atoms with van der Waals surface area (Å²) in [6.45, 7) is 3.87. The highest BCUT2D eigenvalue weighted by Gasteiger charge is 2.41. The zero-order valence-corrected chi connectivity index (χ0v) is 12.2. The summed E-state index contributed by atoms with van der Waals surface area (Å²) in [6.07, 6.45) is 11.7.